The number of hydrogen-bond donors (Lipinski definition) is 0. The molecule has 1 amide bonds. The van der Waals surface area contributed by atoms with Crippen molar-refractivity contribution in [2.24, 2.45) is 0 Å². The van der Waals surface area contributed by atoms with Crippen LogP contribution in [-0.4, -0.2) is 35.7 Å². The highest BCUT2D eigenvalue weighted by molar-refractivity contribution is 5.69. The van der Waals surface area contributed by atoms with Crippen LogP contribution in [0.5, 0.6) is 0 Å². The Balaban J connectivity index is 2.20. The highest BCUT2D eigenvalue weighted by Crippen LogP contribution is 2.38. The summed E-state index contributed by atoms with van der Waals surface area (Å²) in [7, 11) is 0. The monoisotopic (exact) mass is 347 g/mol. The summed E-state index contributed by atoms with van der Waals surface area (Å²) in [5, 5.41) is 0. The van der Waals surface area contributed by atoms with Gasteiger partial charge in [0.05, 0.1) is 0 Å². The van der Waals surface area contributed by atoms with Crippen molar-refractivity contribution < 1.29 is 19.1 Å². The lowest BCUT2D eigenvalue weighted by molar-refractivity contribution is -0.163. The summed E-state index contributed by atoms with van der Waals surface area (Å²) in [5.41, 5.74) is 2.17. The molecule has 2 rings (SSSR count). The Labute approximate surface area is 150 Å². The molecule has 0 unspecified atom stereocenters. The van der Waals surface area contributed by atoms with E-state index in [9.17, 15) is 9.59 Å². The first-order valence-corrected chi connectivity index (χ1v) is 8.78. The largest absolute Gasteiger partial charge is 0.454 e. The lowest BCUT2D eigenvalue weighted by Crippen LogP contribution is -2.48. The van der Waals surface area contributed by atoms with Gasteiger partial charge in [-0.2, -0.15) is 0 Å². The average molecular weight is 347 g/mol. The number of carbonyl (C=O) groups excluding carboxylic acids is 2. The fourth-order valence-corrected chi connectivity index (χ4v) is 3.13. The van der Waals surface area contributed by atoms with Crippen molar-refractivity contribution >= 4 is 12.1 Å². The molecule has 0 bridgehead atoms. The standard InChI is InChI=1S/C20H29NO4/c1-14-7-8-17(13-15(14)2)20(24-16(3)22)9-11-21(12-10-20)18(23)25-19(4,5)6/h7-8,13H,9-12H2,1-6H3. The number of nitrogens with zero attached hydrogens (tertiary/aromatic N) is 1. The molecule has 5 heteroatoms. The van der Waals surface area contributed by atoms with E-state index in [2.05, 4.69) is 26.0 Å². The lowest BCUT2D eigenvalue weighted by Gasteiger charge is -2.41. The molecular formula is C20H29NO4. The van der Waals surface area contributed by atoms with Gasteiger partial charge in [-0.3, -0.25) is 4.79 Å². The summed E-state index contributed by atoms with van der Waals surface area (Å²) in [6.07, 6.45) is 0.812. The molecule has 25 heavy (non-hydrogen) atoms. The SMILES string of the molecule is CC(=O)OC1(c2ccc(C)c(C)c2)CCN(C(=O)OC(C)(C)C)CC1. The molecule has 0 spiro atoms. The van der Waals surface area contributed by atoms with Gasteiger partial charge < -0.3 is 14.4 Å². The fraction of sp³-hybridized carbons (Fsp3) is 0.600. The highest BCUT2D eigenvalue weighted by atomic mass is 16.6. The smallest absolute Gasteiger partial charge is 0.410 e. The van der Waals surface area contributed by atoms with E-state index >= 15 is 0 Å². The summed E-state index contributed by atoms with van der Waals surface area (Å²) in [5.74, 6) is -0.302. The molecule has 1 aliphatic rings. The molecule has 0 radical (unpaired) electrons. The van der Waals surface area contributed by atoms with Gasteiger partial charge in [-0.15, -0.1) is 0 Å². The van der Waals surface area contributed by atoms with Crippen LogP contribution in [0.25, 0.3) is 0 Å². The Morgan fingerprint density at radius 3 is 2.16 bits per heavy atom. The molecule has 0 aliphatic carbocycles. The first kappa shape index (κ1) is 19.3. The molecule has 1 saturated heterocycles. The molecule has 5 nitrogen and oxygen atoms in total. The molecule has 0 saturated carbocycles. The summed E-state index contributed by atoms with van der Waals surface area (Å²) in [6.45, 7) is 12.1. The van der Waals surface area contributed by atoms with Crippen molar-refractivity contribution in [3.8, 4) is 0 Å². The zero-order valence-electron chi connectivity index (χ0n) is 16.1. The van der Waals surface area contributed by atoms with Gasteiger partial charge in [0.15, 0.2) is 0 Å². The Kier molecular flexibility index (Phi) is 5.45. The summed E-state index contributed by atoms with van der Waals surface area (Å²) < 4.78 is 11.2. The van der Waals surface area contributed by atoms with E-state index in [0.29, 0.717) is 25.9 Å². The first-order valence-electron chi connectivity index (χ1n) is 8.78. The zero-order valence-corrected chi connectivity index (χ0v) is 16.1. The van der Waals surface area contributed by atoms with E-state index in [1.54, 1.807) is 4.90 Å². The van der Waals surface area contributed by atoms with Gasteiger partial charge in [-0.1, -0.05) is 18.2 Å². The Morgan fingerprint density at radius 1 is 1.08 bits per heavy atom. The van der Waals surface area contributed by atoms with Crippen LogP contribution in [0.4, 0.5) is 4.79 Å². The lowest BCUT2D eigenvalue weighted by atomic mass is 9.83. The van der Waals surface area contributed by atoms with Crippen molar-refractivity contribution in [3.63, 3.8) is 0 Å². The minimum absolute atomic E-state index is 0.302. The summed E-state index contributed by atoms with van der Waals surface area (Å²) >= 11 is 0. The minimum atomic E-state index is -0.678. The molecule has 1 aromatic carbocycles. The van der Waals surface area contributed by atoms with Gasteiger partial charge in [-0.05, 0) is 51.3 Å². The molecule has 138 valence electrons. The molecule has 1 heterocycles. The van der Waals surface area contributed by atoms with Crippen molar-refractivity contribution in [3.05, 3.63) is 34.9 Å². The van der Waals surface area contributed by atoms with E-state index in [-0.39, 0.29) is 12.1 Å². The second kappa shape index (κ2) is 7.06. The van der Waals surface area contributed by atoms with Gasteiger partial charge in [-0.25, -0.2) is 4.79 Å². The average Bonchev–Trinajstić information content (AvgIpc) is 2.48. The minimum Gasteiger partial charge on any atom is -0.454 e. The predicted octanol–water partition coefficient (Wildman–Crippen LogP) is 4.09. The number of hydrogen-bond acceptors (Lipinski definition) is 4. The van der Waals surface area contributed by atoms with Crippen molar-refractivity contribution in [1.29, 1.82) is 0 Å². The molecule has 1 aliphatic heterocycles. The third-order valence-corrected chi connectivity index (χ3v) is 4.59. The van der Waals surface area contributed by atoms with Gasteiger partial charge in [0.2, 0.25) is 0 Å². The van der Waals surface area contributed by atoms with E-state index < -0.39 is 11.2 Å². The third-order valence-electron chi connectivity index (χ3n) is 4.59. The molecule has 1 aromatic rings. The van der Waals surface area contributed by atoms with Crippen LogP contribution in [-0.2, 0) is 19.9 Å². The number of aryl methyl sites for hydroxylation is 2. The van der Waals surface area contributed by atoms with E-state index in [4.69, 9.17) is 9.47 Å². The topological polar surface area (TPSA) is 55.8 Å². The number of esters is 1. The first-order chi connectivity index (χ1) is 11.5. The number of ether oxygens (including phenoxy) is 2. The van der Waals surface area contributed by atoms with Crippen LogP contribution in [0.15, 0.2) is 18.2 Å². The third kappa shape index (κ3) is 4.74. The van der Waals surface area contributed by atoms with Crippen LogP contribution in [0.2, 0.25) is 0 Å². The van der Waals surface area contributed by atoms with Gasteiger partial charge in [0.25, 0.3) is 0 Å². The normalized spacial score (nSPS) is 17.1. The van der Waals surface area contributed by atoms with Crippen molar-refractivity contribution in [2.45, 2.75) is 65.6 Å². The Bertz CT molecular complexity index is 652. The van der Waals surface area contributed by atoms with Crippen molar-refractivity contribution in [2.75, 3.05) is 13.1 Å². The molecule has 0 N–H and O–H groups in total. The van der Waals surface area contributed by atoms with Crippen LogP contribution >= 0.6 is 0 Å². The van der Waals surface area contributed by atoms with Gasteiger partial charge >= 0.3 is 12.1 Å². The maximum Gasteiger partial charge on any atom is 0.410 e. The van der Waals surface area contributed by atoms with Crippen molar-refractivity contribution in [1.82, 2.24) is 4.90 Å². The second-order valence-electron chi connectivity index (χ2n) is 7.85. The van der Waals surface area contributed by atoms with E-state index in [1.165, 1.54) is 18.1 Å². The Hall–Kier alpha value is -2.04. The molecule has 0 atom stereocenters. The number of likely N-dealkylation sites (tertiary alicyclic amines) is 1. The molecule has 1 fully saturated rings. The number of carbonyl (C=O) groups is 2. The fourth-order valence-electron chi connectivity index (χ4n) is 3.13. The van der Waals surface area contributed by atoms with Gasteiger partial charge in [0.1, 0.15) is 11.2 Å². The number of rotatable bonds is 2. The summed E-state index contributed by atoms with van der Waals surface area (Å²) in [4.78, 5) is 25.7. The maximum atomic E-state index is 12.3. The van der Waals surface area contributed by atoms with E-state index in [0.717, 1.165) is 5.56 Å². The predicted molar refractivity (Wildman–Crippen MR) is 96.4 cm³/mol. The van der Waals surface area contributed by atoms with Crippen LogP contribution in [0.3, 0.4) is 0 Å². The summed E-state index contributed by atoms with van der Waals surface area (Å²) in [6, 6.07) is 6.16. The van der Waals surface area contributed by atoms with Crippen LogP contribution in [0, 0.1) is 13.8 Å². The second-order valence-corrected chi connectivity index (χ2v) is 7.85. The number of amides is 1. The van der Waals surface area contributed by atoms with Crippen LogP contribution < -0.4 is 0 Å². The quantitative estimate of drug-likeness (QED) is 0.756. The molecule has 0 aromatic heterocycles. The Morgan fingerprint density at radius 2 is 1.68 bits per heavy atom. The van der Waals surface area contributed by atoms with Gasteiger partial charge in [0, 0.05) is 32.9 Å². The van der Waals surface area contributed by atoms with E-state index in [1.807, 2.05) is 26.8 Å². The number of benzene rings is 1. The maximum absolute atomic E-state index is 12.3. The zero-order chi connectivity index (χ0) is 18.8. The van der Waals surface area contributed by atoms with Crippen LogP contribution in [0.1, 0.15) is 57.2 Å². The highest BCUT2D eigenvalue weighted by Gasteiger charge is 2.41. The molecular weight excluding hydrogens is 318 g/mol. The number of piperidine rings is 1.